The summed E-state index contributed by atoms with van der Waals surface area (Å²) in [6.45, 7) is 3.06. The molecule has 2 heterocycles. The molecule has 2 bridgehead atoms. The Morgan fingerprint density at radius 2 is 1.75 bits per heavy atom. The number of hydrogen-bond donors (Lipinski definition) is 2. The lowest BCUT2D eigenvalue weighted by atomic mass is 9.93. The molecule has 2 N–H and O–H groups in total. The number of fused-ring (bicyclic) bond motifs is 2. The van der Waals surface area contributed by atoms with Crippen molar-refractivity contribution in [2.45, 2.75) is 56.9 Å². The van der Waals surface area contributed by atoms with Crippen LogP contribution in [0.1, 0.15) is 44.3 Å². The van der Waals surface area contributed by atoms with Crippen molar-refractivity contribution in [3.63, 3.8) is 0 Å². The van der Waals surface area contributed by atoms with Crippen LogP contribution in [0.15, 0.2) is 30.3 Å². The monoisotopic (exact) mass is 275 g/mol. The number of aliphatic hydroxyl groups excluding tert-OH is 2. The van der Waals surface area contributed by atoms with E-state index in [0.29, 0.717) is 12.1 Å². The Kier molecular flexibility index (Phi) is 4.11. The molecule has 20 heavy (non-hydrogen) atoms. The van der Waals surface area contributed by atoms with Gasteiger partial charge >= 0.3 is 0 Å². The minimum Gasteiger partial charge on any atom is -0.393 e. The fraction of sp³-hybridized carbons (Fsp3) is 0.647. The van der Waals surface area contributed by atoms with Gasteiger partial charge in [-0.15, -0.1) is 0 Å². The molecule has 2 aliphatic rings. The molecule has 0 aliphatic carbocycles. The van der Waals surface area contributed by atoms with Crippen molar-refractivity contribution in [1.29, 1.82) is 0 Å². The summed E-state index contributed by atoms with van der Waals surface area (Å²) in [6, 6.07) is 11.0. The van der Waals surface area contributed by atoms with Crippen LogP contribution >= 0.6 is 0 Å². The minimum absolute atomic E-state index is 0.113. The first-order chi connectivity index (χ1) is 9.65. The number of piperidine rings is 1. The Bertz CT molecular complexity index is 422. The standard InChI is InChI=1S/C17H25NO2/c1-12(17(20)13-5-3-2-4-6-13)11-18-14-7-8-15(18)10-16(19)9-14/h2-6,12,14-17,19-20H,7-11H2,1H3. The van der Waals surface area contributed by atoms with Gasteiger partial charge in [0, 0.05) is 18.6 Å². The van der Waals surface area contributed by atoms with Gasteiger partial charge in [0.05, 0.1) is 12.2 Å². The Hall–Kier alpha value is -0.900. The van der Waals surface area contributed by atoms with E-state index in [1.807, 2.05) is 30.3 Å². The highest BCUT2D eigenvalue weighted by Gasteiger charge is 2.40. The molecule has 2 saturated heterocycles. The maximum Gasteiger partial charge on any atom is 0.0827 e. The predicted molar refractivity (Wildman–Crippen MR) is 79.3 cm³/mol. The molecule has 2 aliphatic heterocycles. The zero-order chi connectivity index (χ0) is 14.1. The zero-order valence-electron chi connectivity index (χ0n) is 12.2. The van der Waals surface area contributed by atoms with Crippen molar-refractivity contribution < 1.29 is 10.2 Å². The Morgan fingerprint density at radius 1 is 1.15 bits per heavy atom. The second kappa shape index (κ2) is 5.84. The van der Waals surface area contributed by atoms with Crippen LogP contribution in [0.3, 0.4) is 0 Å². The predicted octanol–water partition coefficient (Wildman–Crippen LogP) is 2.34. The van der Waals surface area contributed by atoms with Crippen LogP contribution in [0.2, 0.25) is 0 Å². The summed E-state index contributed by atoms with van der Waals surface area (Å²) in [5.41, 5.74) is 1.00. The lowest BCUT2D eigenvalue weighted by Gasteiger charge is -2.39. The summed E-state index contributed by atoms with van der Waals surface area (Å²) >= 11 is 0. The van der Waals surface area contributed by atoms with Gasteiger partial charge in [-0.3, -0.25) is 4.90 Å². The number of aliphatic hydroxyl groups is 2. The Balaban J connectivity index is 1.63. The number of rotatable bonds is 4. The van der Waals surface area contributed by atoms with E-state index in [1.54, 1.807) is 0 Å². The molecule has 3 rings (SSSR count). The maximum absolute atomic E-state index is 10.5. The zero-order valence-corrected chi connectivity index (χ0v) is 12.2. The molecule has 3 heteroatoms. The summed E-state index contributed by atoms with van der Waals surface area (Å²) in [5, 5.41) is 20.3. The van der Waals surface area contributed by atoms with Gasteiger partial charge in [0.2, 0.25) is 0 Å². The molecule has 1 aromatic rings. The average Bonchev–Trinajstić information content (AvgIpc) is 2.70. The average molecular weight is 275 g/mol. The van der Waals surface area contributed by atoms with E-state index in [4.69, 9.17) is 0 Å². The van der Waals surface area contributed by atoms with Crippen molar-refractivity contribution in [3.05, 3.63) is 35.9 Å². The first-order valence-electron chi connectivity index (χ1n) is 7.82. The molecule has 1 aromatic carbocycles. The molecule has 110 valence electrons. The van der Waals surface area contributed by atoms with E-state index >= 15 is 0 Å². The molecular weight excluding hydrogens is 250 g/mol. The van der Waals surface area contributed by atoms with Gasteiger partial charge < -0.3 is 10.2 Å². The first kappa shape index (κ1) is 14.1. The van der Waals surface area contributed by atoms with Gasteiger partial charge in [-0.05, 0) is 37.2 Å². The van der Waals surface area contributed by atoms with Crippen molar-refractivity contribution >= 4 is 0 Å². The third kappa shape index (κ3) is 2.76. The second-order valence-corrected chi connectivity index (χ2v) is 6.54. The van der Waals surface area contributed by atoms with Gasteiger partial charge in [0.1, 0.15) is 0 Å². The normalized spacial score (nSPS) is 33.0. The van der Waals surface area contributed by atoms with E-state index in [1.165, 1.54) is 12.8 Å². The Labute approximate surface area is 121 Å². The van der Waals surface area contributed by atoms with Crippen LogP contribution in [-0.2, 0) is 0 Å². The highest BCUT2D eigenvalue weighted by molar-refractivity contribution is 5.18. The first-order valence-corrected chi connectivity index (χ1v) is 7.82. The molecule has 4 unspecified atom stereocenters. The third-order valence-corrected chi connectivity index (χ3v) is 5.04. The largest absolute Gasteiger partial charge is 0.393 e. The quantitative estimate of drug-likeness (QED) is 0.886. The van der Waals surface area contributed by atoms with E-state index in [-0.39, 0.29) is 12.0 Å². The highest BCUT2D eigenvalue weighted by atomic mass is 16.3. The van der Waals surface area contributed by atoms with Crippen LogP contribution in [0.4, 0.5) is 0 Å². The molecule has 2 fully saturated rings. The number of nitrogens with zero attached hydrogens (tertiary/aromatic N) is 1. The summed E-state index contributed by atoms with van der Waals surface area (Å²) in [5.74, 6) is 0.218. The molecule has 3 nitrogen and oxygen atoms in total. The second-order valence-electron chi connectivity index (χ2n) is 6.54. The van der Waals surface area contributed by atoms with E-state index < -0.39 is 6.10 Å². The highest BCUT2D eigenvalue weighted by Crippen LogP contribution is 2.37. The lowest BCUT2D eigenvalue weighted by Crippen LogP contribution is -2.47. The van der Waals surface area contributed by atoms with Gasteiger partial charge in [-0.25, -0.2) is 0 Å². The fourth-order valence-electron chi connectivity index (χ4n) is 3.95. The summed E-state index contributed by atoms with van der Waals surface area (Å²) < 4.78 is 0. The van der Waals surface area contributed by atoms with Gasteiger partial charge in [0.15, 0.2) is 0 Å². The van der Waals surface area contributed by atoms with Crippen molar-refractivity contribution in [1.82, 2.24) is 4.90 Å². The van der Waals surface area contributed by atoms with Gasteiger partial charge in [-0.1, -0.05) is 37.3 Å². The van der Waals surface area contributed by atoms with Crippen molar-refractivity contribution in [2.24, 2.45) is 5.92 Å². The molecule has 0 amide bonds. The summed E-state index contributed by atoms with van der Waals surface area (Å²) in [4.78, 5) is 2.53. The topological polar surface area (TPSA) is 43.7 Å². The van der Waals surface area contributed by atoms with Crippen LogP contribution in [0, 0.1) is 5.92 Å². The summed E-state index contributed by atoms with van der Waals surface area (Å²) in [6.07, 6.45) is 3.71. The van der Waals surface area contributed by atoms with Crippen LogP contribution in [0.5, 0.6) is 0 Å². The van der Waals surface area contributed by atoms with E-state index in [0.717, 1.165) is 24.9 Å². The molecule has 0 aromatic heterocycles. The lowest BCUT2D eigenvalue weighted by molar-refractivity contribution is 0.00972. The number of benzene rings is 1. The smallest absolute Gasteiger partial charge is 0.0827 e. The Morgan fingerprint density at radius 3 is 2.35 bits per heavy atom. The minimum atomic E-state index is -0.401. The van der Waals surface area contributed by atoms with Crippen LogP contribution < -0.4 is 0 Å². The molecule has 0 radical (unpaired) electrons. The fourth-order valence-corrected chi connectivity index (χ4v) is 3.95. The molecule has 0 saturated carbocycles. The van der Waals surface area contributed by atoms with Crippen LogP contribution in [0.25, 0.3) is 0 Å². The maximum atomic E-state index is 10.5. The van der Waals surface area contributed by atoms with E-state index in [9.17, 15) is 10.2 Å². The third-order valence-electron chi connectivity index (χ3n) is 5.04. The van der Waals surface area contributed by atoms with Gasteiger partial charge in [0.25, 0.3) is 0 Å². The van der Waals surface area contributed by atoms with E-state index in [2.05, 4.69) is 11.8 Å². The molecular formula is C17H25NO2. The SMILES string of the molecule is CC(CN1C2CCC1CC(O)C2)C(O)c1ccccc1. The molecule has 0 spiro atoms. The number of hydrogen-bond acceptors (Lipinski definition) is 3. The summed E-state index contributed by atoms with van der Waals surface area (Å²) in [7, 11) is 0. The van der Waals surface area contributed by atoms with Crippen LogP contribution in [-0.4, -0.2) is 39.8 Å². The van der Waals surface area contributed by atoms with Crippen molar-refractivity contribution in [3.8, 4) is 0 Å². The molecule has 4 atom stereocenters. The van der Waals surface area contributed by atoms with Crippen molar-refractivity contribution in [2.75, 3.05) is 6.54 Å². The van der Waals surface area contributed by atoms with Gasteiger partial charge in [-0.2, -0.15) is 0 Å².